The van der Waals surface area contributed by atoms with E-state index in [4.69, 9.17) is 21.7 Å². The molecule has 34 heavy (non-hydrogen) atoms. The van der Waals surface area contributed by atoms with Crippen molar-refractivity contribution in [3.8, 4) is 22.9 Å². The normalized spacial score (nSPS) is 14.7. The van der Waals surface area contributed by atoms with Crippen LogP contribution in [-0.2, 0) is 11.3 Å². The summed E-state index contributed by atoms with van der Waals surface area (Å²) in [5.74, 6) is 2.13. The molecule has 0 bridgehead atoms. The zero-order valence-electron chi connectivity index (χ0n) is 20.0. The molecule has 7 nitrogen and oxygen atoms in total. The number of H-pyrrole nitrogens is 1. The zero-order chi connectivity index (χ0) is 24.1. The van der Waals surface area contributed by atoms with Crippen LogP contribution in [0.3, 0.4) is 0 Å². The number of carbonyl (C=O) groups is 1. The molecule has 1 saturated carbocycles. The molecule has 0 saturated heterocycles. The molecule has 1 fully saturated rings. The monoisotopic (exact) mass is 480 g/mol. The van der Waals surface area contributed by atoms with Crippen LogP contribution in [0.15, 0.2) is 42.5 Å². The Morgan fingerprint density at radius 2 is 2.03 bits per heavy atom. The average molecular weight is 481 g/mol. The number of aryl methyl sites for hydroxylation is 1. The van der Waals surface area contributed by atoms with Crippen molar-refractivity contribution in [3.05, 3.63) is 58.4 Å². The Hall–Kier alpha value is -3.13. The first kappa shape index (κ1) is 24.0. The molecular formula is C26H32N4O3S. The molecule has 180 valence electrons. The summed E-state index contributed by atoms with van der Waals surface area (Å²) < 4.78 is 14.1. The Labute approximate surface area is 205 Å². The highest BCUT2D eigenvalue weighted by Crippen LogP contribution is 2.33. The number of aromatic nitrogens is 3. The highest BCUT2D eigenvalue weighted by Gasteiger charge is 2.20. The highest BCUT2D eigenvalue weighted by molar-refractivity contribution is 7.71. The maximum absolute atomic E-state index is 12.7. The largest absolute Gasteiger partial charge is 0.493 e. The number of nitrogens with zero attached hydrogens (tertiary/aromatic N) is 2. The summed E-state index contributed by atoms with van der Waals surface area (Å²) in [7, 11) is 1.64. The molecule has 0 aliphatic heterocycles. The lowest BCUT2D eigenvalue weighted by molar-refractivity contribution is -0.121. The minimum Gasteiger partial charge on any atom is -0.493 e. The van der Waals surface area contributed by atoms with Crippen LogP contribution in [0.4, 0.5) is 0 Å². The van der Waals surface area contributed by atoms with Gasteiger partial charge in [-0.15, -0.1) is 0 Å². The summed E-state index contributed by atoms with van der Waals surface area (Å²) in [6.07, 6.45) is 5.15. The van der Waals surface area contributed by atoms with E-state index < -0.39 is 0 Å². The molecule has 2 aromatic carbocycles. The van der Waals surface area contributed by atoms with Gasteiger partial charge in [-0.2, -0.15) is 5.10 Å². The predicted octanol–water partition coefficient (Wildman–Crippen LogP) is 5.51. The first-order chi connectivity index (χ1) is 16.4. The fourth-order valence-corrected chi connectivity index (χ4v) is 4.60. The Morgan fingerprint density at radius 3 is 2.76 bits per heavy atom. The van der Waals surface area contributed by atoms with Crippen LogP contribution in [0.2, 0.25) is 0 Å². The van der Waals surface area contributed by atoms with Gasteiger partial charge < -0.3 is 14.8 Å². The summed E-state index contributed by atoms with van der Waals surface area (Å²) in [6.45, 7) is 4.44. The smallest absolute Gasteiger partial charge is 0.222 e. The van der Waals surface area contributed by atoms with Crippen LogP contribution >= 0.6 is 12.2 Å². The Balaban J connectivity index is 1.38. The van der Waals surface area contributed by atoms with Crippen LogP contribution in [-0.4, -0.2) is 33.9 Å². The lowest BCUT2D eigenvalue weighted by Gasteiger charge is -2.19. The summed E-state index contributed by atoms with van der Waals surface area (Å²) in [4.78, 5) is 12.7. The minimum absolute atomic E-state index is 0.0592. The van der Waals surface area contributed by atoms with Crippen LogP contribution in [0.25, 0.3) is 11.4 Å². The summed E-state index contributed by atoms with van der Waals surface area (Å²) in [5.41, 5.74) is 3.07. The number of methoxy groups -OCH3 is 1. The van der Waals surface area contributed by atoms with Crippen molar-refractivity contribution in [2.45, 2.75) is 64.6 Å². The molecule has 3 aromatic rings. The Morgan fingerprint density at radius 1 is 1.24 bits per heavy atom. The SMILES string of the molecule is COc1cc(C(C)NC(=O)CCn2c(-c3cccc(C)c3)n[nH]c2=S)ccc1OC1CCCC1. The van der Waals surface area contributed by atoms with Gasteiger partial charge in [-0.3, -0.25) is 14.5 Å². The fourth-order valence-electron chi connectivity index (χ4n) is 4.38. The van der Waals surface area contributed by atoms with Gasteiger partial charge in [0.15, 0.2) is 22.1 Å². The second-order valence-corrected chi connectivity index (χ2v) is 9.23. The maximum Gasteiger partial charge on any atom is 0.222 e. The van der Waals surface area contributed by atoms with Crippen molar-refractivity contribution in [2.24, 2.45) is 0 Å². The third-order valence-corrected chi connectivity index (χ3v) is 6.57. The van der Waals surface area contributed by atoms with Crippen molar-refractivity contribution in [1.29, 1.82) is 0 Å². The van der Waals surface area contributed by atoms with Crippen LogP contribution in [0.1, 0.15) is 56.2 Å². The number of aromatic amines is 1. The number of amides is 1. The van der Waals surface area contributed by atoms with E-state index in [9.17, 15) is 4.79 Å². The van der Waals surface area contributed by atoms with Gasteiger partial charge >= 0.3 is 0 Å². The second kappa shape index (κ2) is 10.9. The van der Waals surface area contributed by atoms with E-state index in [1.165, 1.54) is 12.8 Å². The molecule has 2 N–H and O–H groups in total. The average Bonchev–Trinajstić information content (AvgIpc) is 3.47. The first-order valence-electron chi connectivity index (χ1n) is 11.8. The van der Waals surface area contributed by atoms with Crippen molar-refractivity contribution in [2.75, 3.05) is 7.11 Å². The van der Waals surface area contributed by atoms with E-state index in [1.807, 2.05) is 54.8 Å². The van der Waals surface area contributed by atoms with Gasteiger partial charge in [0.05, 0.1) is 19.3 Å². The van der Waals surface area contributed by atoms with Crippen molar-refractivity contribution in [1.82, 2.24) is 20.1 Å². The molecule has 8 heteroatoms. The van der Waals surface area contributed by atoms with E-state index in [2.05, 4.69) is 21.6 Å². The lowest BCUT2D eigenvalue weighted by atomic mass is 10.1. The fraction of sp³-hybridized carbons (Fsp3) is 0.423. The molecule has 0 spiro atoms. The van der Waals surface area contributed by atoms with E-state index in [0.717, 1.165) is 41.1 Å². The second-order valence-electron chi connectivity index (χ2n) is 8.85. The number of nitrogens with one attached hydrogen (secondary N) is 2. The first-order valence-corrected chi connectivity index (χ1v) is 12.2. The zero-order valence-corrected chi connectivity index (χ0v) is 20.8. The van der Waals surface area contributed by atoms with Crippen LogP contribution in [0.5, 0.6) is 11.5 Å². The standard InChI is InChI=1S/C26H32N4O3S/c1-17-7-6-8-20(15-17)25-28-29-26(34)30(25)14-13-24(31)27-18(2)19-11-12-22(23(16-19)32-3)33-21-9-4-5-10-21/h6-8,11-12,15-16,18,21H,4-5,9-10,13-14H2,1-3H3,(H,27,31)(H,29,34). The molecule has 1 aliphatic rings. The van der Waals surface area contributed by atoms with Crippen LogP contribution in [0, 0.1) is 11.7 Å². The summed E-state index contributed by atoms with van der Waals surface area (Å²) >= 11 is 5.40. The third kappa shape index (κ3) is 5.67. The molecule has 1 atom stereocenters. The molecule has 4 rings (SSSR count). The highest BCUT2D eigenvalue weighted by atomic mass is 32.1. The number of hydrogen-bond donors (Lipinski definition) is 2. The summed E-state index contributed by atoms with van der Waals surface area (Å²) in [6, 6.07) is 13.8. The number of benzene rings is 2. The number of ether oxygens (including phenoxy) is 2. The van der Waals surface area contributed by atoms with Crippen LogP contribution < -0.4 is 14.8 Å². The Kier molecular flexibility index (Phi) is 7.67. The number of hydrogen-bond acceptors (Lipinski definition) is 5. The molecule has 0 radical (unpaired) electrons. The minimum atomic E-state index is -0.171. The molecule has 1 aliphatic carbocycles. The number of carbonyl (C=O) groups excluding carboxylic acids is 1. The van der Waals surface area contributed by atoms with Gasteiger partial charge in [0.25, 0.3) is 0 Å². The van der Waals surface area contributed by atoms with Gasteiger partial charge in [0.1, 0.15) is 0 Å². The van der Waals surface area contributed by atoms with Crippen molar-refractivity contribution < 1.29 is 14.3 Å². The summed E-state index contributed by atoms with van der Waals surface area (Å²) in [5, 5.41) is 10.3. The maximum atomic E-state index is 12.7. The van der Waals surface area contributed by atoms with E-state index in [1.54, 1.807) is 7.11 Å². The molecular weight excluding hydrogens is 448 g/mol. The predicted molar refractivity (Wildman–Crippen MR) is 135 cm³/mol. The lowest BCUT2D eigenvalue weighted by Crippen LogP contribution is -2.27. The van der Waals surface area contributed by atoms with E-state index in [0.29, 0.717) is 17.1 Å². The topological polar surface area (TPSA) is 81.2 Å². The van der Waals surface area contributed by atoms with Gasteiger partial charge in [-0.1, -0.05) is 29.8 Å². The van der Waals surface area contributed by atoms with Gasteiger partial charge in [-0.05, 0) is 75.5 Å². The third-order valence-electron chi connectivity index (χ3n) is 6.26. The van der Waals surface area contributed by atoms with E-state index in [-0.39, 0.29) is 24.5 Å². The molecule has 1 aromatic heterocycles. The molecule has 1 amide bonds. The van der Waals surface area contributed by atoms with Crippen molar-refractivity contribution in [3.63, 3.8) is 0 Å². The molecule has 1 heterocycles. The quantitative estimate of drug-likeness (QED) is 0.395. The van der Waals surface area contributed by atoms with Gasteiger partial charge in [0.2, 0.25) is 5.91 Å². The Bertz CT molecular complexity index is 1200. The van der Waals surface area contributed by atoms with Gasteiger partial charge in [0, 0.05) is 18.5 Å². The number of rotatable bonds is 9. The van der Waals surface area contributed by atoms with Gasteiger partial charge in [-0.25, -0.2) is 0 Å². The van der Waals surface area contributed by atoms with Crippen molar-refractivity contribution >= 4 is 18.1 Å². The van der Waals surface area contributed by atoms with E-state index >= 15 is 0 Å². The molecule has 1 unspecified atom stereocenters.